The molecule has 0 fully saturated rings. The summed E-state index contributed by atoms with van der Waals surface area (Å²) in [6, 6.07) is 25.4. The van der Waals surface area contributed by atoms with Crippen molar-refractivity contribution in [3.05, 3.63) is 123 Å². The summed E-state index contributed by atoms with van der Waals surface area (Å²) in [5, 5.41) is 5.19. The number of hydrazone groups is 1. The van der Waals surface area contributed by atoms with Crippen LogP contribution in [0.2, 0.25) is 10.0 Å². The van der Waals surface area contributed by atoms with Gasteiger partial charge in [0.05, 0.1) is 24.5 Å². The van der Waals surface area contributed by atoms with Gasteiger partial charge in [0, 0.05) is 10.0 Å². The van der Waals surface area contributed by atoms with Crippen LogP contribution in [-0.4, -0.2) is 25.2 Å². The van der Waals surface area contributed by atoms with Gasteiger partial charge < -0.3 is 14.2 Å². The fourth-order valence-electron chi connectivity index (χ4n) is 3.34. The van der Waals surface area contributed by atoms with E-state index in [2.05, 4.69) is 10.5 Å². The van der Waals surface area contributed by atoms with Gasteiger partial charge in [0.15, 0.2) is 11.5 Å². The number of hydrogen-bond donors (Lipinski definition) is 1. The van der Waals surface area contributed by atoms with Crippen molar-refractivity contribution in [2.75, 3.05) is 7.11 Å². The Morgan fingerprint density at radius 1 is 0.842 bits per heavy atom. The van der Waals surface area contributed by atoms with Crippen LogP contribution in [0, 0.1) is 0 Å². The summed E-state index contributed by atoms with van der Waals surface area (Å²) in [4.78, 5) is 25.2. The number of para-hydroxylation sites is 1. The quantitative estimate of drug-likeness (QED) is 0.111. The summed E-state index contributed by atoms with van der Waals surface area (Å²) in [6.07, 6.45) is 1.45. The Kier molecular flexibility index (Phi) is 8.98. The molecule has 0 aliphatic carbocycles. The number of esters is 1. The highest BCUT2D eigenvalue weighted by molar-refractivity contribution is 6.30. The van der Waals surface area contributed by atoms with Crippen LogP contribution in [-0.2, 0) is 6.61 Å². The molecule has 0 aromatic heterocycles. The topological polar surface area (TPSA) is 86.2 Å². The van der Waals surface area contributed by atoms with E-state index in [1.807, 2.05) is 12.1 Å². The standard InChI is InChI=1S/C29H22Cl2N2O5/c1-36-27-16-20(8-15-26(27)38-29(35)21-9-13-23(31)14-10-21)17-32-33-28(34)24-4-2-3-5-25(24)37-18-19-6-11-22(30)12-7-19/h2-17H,18H2,1H3,(H,33,34)/b32-17+. The van der Waals surface area contributed by atoms with E-state index < -0.39 is 11.9 Å². The highest BCUT2D eigenvalue weighted by Crippen LogP contribution is 2.28. The molecule has 0 unspecified atom stereocenters. The van der Waals surface area contributed by atoms with Crippen LogP contribution < -0.4 is 19.6 Å². The maximum absolute atomic E-state index is 12.8. The number of halogens is 2. The summed E-state index contributed by atoms with van der Waals surface area (Å²) in [7, 11) is 1.46. The van der Waals surface area contributed by atoms with Crippen molar-refractivity contribution in [2.24, 2.45) is 5.10 Å². The fraction of sp³-hybridized carbons (Fsp3) is 0.0690. The van der Waals surface area contributed by atoms with Gasteiger partial charge in [-0.15, -0.1) is 0 Å². The lowest BCUT2D eigenvalue weighted by Gasteiger charge is -2.11. The first-order valence-corrected chi connectivity index (χ1v) is 12.1. The van der Waals surface area contributed by atoms with Gasteiger partial charge in [-0.1, -0.05) is 47.5 Å². The van der Waals surface area contributed by atoms with E-state index in [1.165, 1.54) is 13.3 Å². The molecule has 1 amide bonds. The number of amides is 1. The minimum Gasteiger partial charge on any atom is -0.493 e. The number of methoxy groups -OCH3 is 1. The smallest absolute Gasteiger partial charge is 0.343 e. The van der Waals surface area contributed by atoms with Crippen LogP contribution in [0.25, 0.3) is 0 Å². The van der Waals surface area contributed by atoms with E-state index in [-0.39, 0.29) is 12.4 Å². The number of carbonyl (C=O) groups is 2. The van der Waals surface area contributed by atoms with Gasteiger partial charge in [0.1, 0.15) is 12.4 Å². The van der Waals surface area contributed by atoms with Crippen molar-refractivity contribution < 1.29 is 23.8 Å². The molecular weight excluding hydrogens is 527 g/mol. The minimum absolute atomic E-state index is 0.236. The molecule has 0 aliphatic heterocycles. The lowest BCUT2D eigenvalue weighted by Crippen LogP contribution is -2.18. The second kappa shape index (κ2) is 12.8. The molecule has 4 aromatic carbocycles. The summed E-state index contributed by atoms with van der Waals surface area (Å²) in [5.41, 5.74) is 4.71. The van der Waals surface area contributed by atoms with Crippen molar-refractivity contribution in [2.45, 2.75) is 6.61 Å². The second-order valence-electron chi connectivity index (χ2n) is 7.92. The second-order valence-corrected chi connectivity index (χ2v) is 8.79. The third kappa shape index (κ3) is 7.12. The molecule has 0 spiro atoms. The zero-order chi connectivity index (χ0) is 26.9. The molecule has 7 nitrogen and oxygen atoms in total. The van der Waals surface area contributed by atoms with Crippen LogP contribution in [0.15, 0.2) is 96.1 Å². The molecular formula is C29H22Cl2N2O5. The maximum Gasteiger partial charge on any atom is 0.343 e. The highest BCUT2D eigenvalue weighted by Gasteiger charge is 2.14. The van der Waals surface area contributed by atoms with Crippen LogP contribution in [0.5, 0.6) is 17.2 Å². The molecule has 1 N–H and O–H groups in total. The third-order valence-corrected chi connectivity index (χ3v) is 5.79. The van der Waals surface area contributed by atoms with E-state index in [4.69, 9.17) is 37.4 Å². The Hall–Kier alpha value is -4.33. The summed E-state index contributed by atoms with van der Waals surface area (Å²) in [5.74, 6) is -0.00774. The largest absolute Gasteiger partial charge is 0.493 e. The zero-order valence-corrected chi connectivity index (χ0v) is 21.7. The number of carbonyl (C=O) groups excluding carboxylic acids is 2. The Bertz CT molecular complexity index is 1460. The molecule has 0 aliphatic rings. The molecule has 192 valence electrons. The zero-order valence-electron chi connectivity index (χ0n) is 20.2. The monoisotopic (exact) mass is 548 g/mol. The van der Waals surface area contributed by atoms with Crippen LogP contribution >= 0.6 is 23.2 Å². The van der Waals surface area contributed by atoms with Gasteiger partial charge in [0.2, 0.25) is 0 Å². The number of benzene rings is 4. The first-order valence-electron chi connectivity index (χ1n) is 11.4. The van der Waals surface area contributed by atoms with E-state index in [1.54, 1.807) is 78.9 Å². The Balaban J connectivity index is 1.39. The van der Waals surface area contributed by atoms with Crippen molar-refractivity contribution in [1.82, 2.24) is 5.43 Å². The molecule has 0 saturated carbocycles. The number of nitrogens with zero attached hydrogens (tertiary/aromatic N) is 1. The van der Waals surface area contributed by atoms with E-state index in [0.29, 0.717) is 38.2 Å². The molecule has 4 rings (SSSR count). The summed E-state index contributed by atoms with van der Waals surface area (Å²) in [6.45, 7) is 0.277. The number of ether oxygens (including phenoxy) is 3. The molecule has 0 radical (unpaired) electrons. The molecule has 0 bridgehead atoms. The van der Waals surface area contributed by atoms with Gasteiger partial charge >= 0.3 is 5.97 Å². The minimum atomic E-state index is -0.550. The average molecular weight is 549 g/mol. The molecule has 9 heteroatoms. The average Bonchev–Trinajstić information content (AvgIpc) is 2.94. The van der Waals surface area contributed by atoms with Gasteiger partial charge in [0.25, 0.3) is 5.91 Å². The first-order chi connectivity index (χ1) is 18.4. The SMILES string of the molecule is COc1cc(/C=N/NC(=O)c2ccccc2OCc2ccc(Cl)cc2)ccc1OC(=O)c1ccc(Cl)cc1. The lowest BCUT2D eigenvalue weighted by atomic mass is 10.2. The van der Waals surface area contributed by atoms with Crippen molar-refractivity contribution in [3.8, 4) is 17.2 Å². The van der Waals surface area contributed by atoms with Crippen LogP contribution in [0.1, 0.15) is 31.8 Å². The van der Waals surface area contributed by atoms with Crippen LogP contribution in [0.3, 0.4) is 0 Å². The first kappa shape index (κ1) is 26.7. The van der Waals surface area contributed by atoms with Gasteiger partial charge in [-0.25, -0.2) is 10.2 Å². The van der Waals surface area contributed by atoms with Crippen molar-refractivity contribution in [3.63, 3.8) is 0 Å². The Morgan fingerprint density at radius 3 is 2.24 bits per heavy atom. The van der Waals surface area contributed by atoms with Crippen LogP contribution in [0.4, 0.5) is 0 Å². The molecule has 0 atom stereocenters. The van der Waals surface area contributed by atoms with Gasteiger partial charge in [-0.05, 0) is 77.9 Å². The number of hydrogen-bond acceptors (Lipinski definition) is 6. The Labute approximate surface area is 229 Å². The molecule has 4 aromatic rings. The molecule has 38 heavy (non-hydrogen) atoms. The van der Waals surface area contributed by atoms with E-state index in [9.17, 15) is 9.59 Å². The molecule has 0 heterocycles. The predicted octanol–water partition coefficient (Wildman–Crippen LogP) is 6.56. The summed E-state index contributed by atoms with van der Waals surface area (Å²) < 4.78 is 16.6. The lowest BCUT2D eigenvalue weighted by molar-refractivity contribution is 0.0729. The van der Waals surface area contributed by atoms with E-state index >= 15 is 0 Å². The number of nitrogens with one attached hydrogen (secondary N) is 1. The third-order valence-electron chi connectivity index (χ3n) is 5.29. The maximum atomic E-state index is 12.8. The van der Waals surface area contributed by atoms with Crippen molar-refractivity contribution in [1.29, 1.82) is 0 Å². The van der Waals surface area contributed by atoms with Gasteiger partial charge in [-0.3, -0.25) is 4.79 Å². The van der Waals surface area contributed by atoms with Gasteiger partial charge in [-0.2, -0.15) is 5.10 Å². The van der Waals surface area contributed by atoms with E-state index in [0.717, 1.165) is 5.56 Å². The summed E-state index contributed by atoms with van der Waals surface area (Å²) >= 11 is 11.8. The molecule has 0 saturated heterocycles. The normalized spacial score (nSPS) is 10.7. The Morgan fingerprint density at radius 2 is 1.53 bits per heavy atom. The van der Waals surface area contributed by atoms with Crippen molar-refractivity contribution >= 4 is 41.3 Å². The predicted molar refractivity (Wildman–Crippen MR) is 147 cm³/mol. The highest BCUT2D eigenvalue weighted by atomic mass is 35.5. The number of rotatable bonds is 9. The fourth-order valence-corrected chi connectivity index (χ4v) is 3.59.